The average molecular weight is 347 g/mol. The number of benzene rings is 1. The molecule has 5 N–H and O–H groups in total. The van der Waals surface area contributed by atoms with Crippen molar-refractivity contribution in [2.75, 3.05) is 11.9 Å². The molecule has 5 atom stereocenters. The molecule has 1 aromatic heterocycles. The highest BCUT2D eigenvalue weighted by Gasteiger charge is 2.43. The molecule has 1 aliphatic heterocycles. The second-order valence-electron chi connectivity index (χ2n) is 5.74. The van der Waals surface area contributed by atoms with Crippen LogP contribution in [0.3, 0.4) is 0 Å². The van der Waals surface area contributed by atoms with E-state index in [1.165, 1.54) is 12.1 Å². The summed E-state index contributed by atoms with van der Waals surface area (Å²) in [6.45, 7) is -0.541. The van der Waals surface area contributed by atoms with Crippen LogP contribution < -0.4 is 10.9 Å². The highest BCUT2D eigenvalue weighted by Crippen LogP contribution is 2.25. The molecule has 1 aromatic carbocycles. The van der Waals surface area contributed by atoms with Crippen molar-refractivity contribution < 1.29 is 29.6 Å². The zero-order chi connectivity index (χ0) is 18.1. The van der Waals surface area contributed by atoms with Crippen LogP contribution in [0, 0.1) is 12.3 Å². The molecule has 3 rings (SSSR count). The van der Waals surface area contributed by atoms with Crippen LogP contribution in [0.1, 0.15) is 5.56 Å². The van der Waals surface area contributed by atoms with Gasteiger partial charge in [0, 0.05) is 17.1 Å². The van der Waals surface area contributed by atoms with Gasteiger partial charge in [0.1, 0.15) is 35.5 Å². The first kappa shape index (κ1) is 17.4. The van der Waals surface area contributed by atoms with Crippen LogP contribution >= 0.6 is 0 Å². The summed E-state index contributed by atoms with van der Waals surface area (Å²) in [6.07, 6.45) is -0.0664. The van der Waals surface area contributed by atoms with Gasteiger partial charge in [0.25, 0.3) is 0 Å². The predicted octanol–water partition coefficient (Wildman–Crippen LogP) is -1.01. The lowest BCUT2D eigenvalue weighted by atomic mass is 9.97. The number of rotatable bonds is 3. The normalized spacial score (nSPS) is 29.3. The maximum Gasteiger partial charge on any atom is 0.352 e. The molecule has 1 aliphatic rings. The second-order valence-corrected chi connectivity index (χ2v) is 5.74. The molecule has 8 nitrogen and oxygen atoms in total. The molecule has 1 saturated heterocycles. The van der Waals surface area contributed by atoms with Crippen LogP contribution in [0.2, 0.25) is 0 Å². The van der Waals surface area contributed by atoms with Crippen molar-refractivity contribution in [3.8, 4) is 12.3 Å². The number of hydrogen-bond donors (Lipinski definition) is 5. The first-order chi connectivity index (χ1) is 11.9. The number of nitrogens with one attached hydrogen (secondary N) is 1. The Hall–Kier alpha value is -2.41. The third-order valence-electron chi connectivity index (χ3n) is 4.12. The Morgan fingerprint density at radius 1 is 1.20 bits per heavy atom. The zero-order valence-electron chi connectivity index (χ0n) is 13.0. The maximum atomic E-state index is 11.7. The van der Waals surface area contributed by atoms with E-state index >= 15 is 0 Å². The molecule has 2 heterocycles. The molecule has 0 spiro atoms. The zero-order valence-corrected chi connectivity index (χ0v) is 13.0. The maximum absolute atomic E-state index is 11.7. The molecule has 8 heteroatoms. The van der Waals surface area contributed by atoms with Gasteiger partial charge in [-0.05, 0) is 18.2 Å². The molecule has 25 heavy (non-hydrogen) atoms. The molecular formula is C17H17NO7. The minimum Gasteiger partial charge on any atom is -0.422 e. The molecule has 132 valence electrons. The van der Waals surface area contributed by atoms with E-state index in [2.05, 4.69) is 11.2 Å². The minimum atomic E-state index is -1.46. The largest absolute Gasteiger partial charge is 0.422 e. The Morgan fingerprint density at radius 2 is 1.96 bits per heavy atom. The Labute approximate surface area is 142 Å². The summed E-state index contributed by atoms with van der Waals surface area (Å²) in [5.74, 6) is 2.24. The van der Waals surface area contributed by atoms with Crippen LogP contribution in [0.15, 0.2) is 33.5 Å². The summed E-state index contributed by atoms with van der Waals surface area (Å²) in [5, 5.41) is 42.5. The monoisotopic (exact) mass is 347 g/mol. The Balaban J connectivity index is 1.87. The third kappa shape index (κ3) is 3.24. The summed E-state index contributed by atoms with van der Waals surface area (Å²) >= 11 is 0. The molecule has 0 aliphatic carbocycles. The fourth-order valence-electron chi connectivity index (χ4n) is 2.75. The highest BCUT2D eigenvalue weighted by atomic mass is 16.6. The lowest BCUT2D eigenvalue weighted by molar-refractivity contribution is -0.245. The smallest absolute Gasteiger partial charge is 0.352 e. The van der Waals surface area contributed by atoms with E-state index in [1.54, 1.807) is 12.1 Å². The summed E-state index contributed by atoms with van der Waals surface area (Å²) in [6, 6.07) is 5.25. The molecule has 4 unspecified atom stereocenters. The van der Waals surface area contributed by atoms with Gasteiger partial charge in [-0.15, -0.1) is 6.42 Å². The van der Waals surface area contributed by atoms with E-state index in [-0.39, 0.29) is 11.1 Å². The van der Waals surface area contributed by atoms with Crippen molar-refractivity contribution in [1.29, 1.82) is 0 Å². The number of fused-ring (bicyclic) bond motifs is 1. The first-order valence-electron chi connectivity index (χ1n) is 7.56. The number of ether oxygens (including phenoxy) is 1. The first-order valence-corrected chi connectivity index (χ1v) is 7.56. The van der Waals surface area contributed by atoms with Crippen molar-refractivity contribution in [2.24, 2.45) is 0 Å². The van der Waals surface area contributed by atoms with Gasteiger partial charge in [-0.1, -0.05) is 5.92 Å². The standard InChI is InChI=1S/C17H17NO7/c1-2-8-5-9-3-4-10(6-11(9)24-16(8)22)18-13-15(21)14(20)12(7-19)25-17(13)23/h1,3-6,12-15,17-21,23H,7H2/t12?,13?,14-,15?,17?/m0/s1. The lowest BCUT2D eigenvalue weighted by Gasteiger charge is -2.40. The number of anilines is 1. The molecule has 0 saturated carbocycles. The van der Waals surface area contributed by atoms with Crippen molar-refractivity contribution >= 4 is 16.7 Å². The fraction of sp³-hybridized carbons (Fsp3) is 0.353. The minimum absolute atomic E-state index is 0.109. The van der Waals surface area contributed by atoms with E-state index in [4.69, 9.17) is 20.7 Å². The van der Waals surface area contributed by atoms with Gasteiger partial charge in [0.15, 0.2) is 6.29 Å². The number of terminal acetylenes is 1. The Kier molecular flexibility index (Phi) is 4.76. The van der Waals surface area contributed by atoms with Crippen LogP contribution in [0.4, 0.5) is 5.69 Å². The van der Waals surface area contributed by atoms with Crippen molar-refractivity contribution in [2.45, 2.75) is 30.6 Å². The van der Waals surface area contributed by atoms with Crippen LogP contribution in [-0.2, 0) is 4.74 Å². The lowest BCUT2D eigenvalue weighted by Crippen LogP contribution is -2.61. The Bertz CT molecular complexity index is 871. The van der Waals surface area contributed by atoms with Crippen LogP contribution in [0.5, 0.6) is 0 Å². The quantitative estimate of drug-likeness (QED) is 0.352. The van der Waals surface area contributed by atoms with Crippen LogP contribution in [0.25, 0.3) is 11.0 Å². The van der Waals surface area contributed by atoms with E-state index < -0.39 is 42.9 Å². The van der Waals surface area contributed by atoms with E-state index in [0.29, 0.717) is 11.1 Å². The molecular weight excluding hydrogens is 330 g/mol. The summed E-state index contributed by atoms with van der Waals surface area (Å²) in [7, 11) is 0. The van der Waals surface area contributed by atoms with Gasteiger partial charge in [-0.3, -0.25) is 0 Å². The second kappa shape index (κ2) is 6.84. The van der Waals surface area contributed by atoms with Crippen LogP contribution in [-0.4, -0.2) is 57.7 Å². The number of aliphatic hydroxyl groups excluding tert-OH is 4. The molecule has 2 aromatic rings. The van der Waals surface area contributed by atoms with Gasteiger partial charge < -0.3 is 34.9 Å². The molecule has 0 amide bonds. The SMILES string of the molecule is C#Cc1cc2ccc(NC3C(O)OC(CO)[C@H](O)C3O)cc2oc1=O. The van der Waals surface area contributed by atoms with E-state index in [0.717, 1.165) is 0 Å². The van der Waals surface area contributed by atoms with Gasteiger partial charge in [-0.25, -0.2) is 4.79 Å². The highest BCUT2D eigenvalue weighted by molar-refractivity contribution is 5.81. The van der Waals surface area contributed by atoms with Crippen molar-refractivity contribution in [3.05, 3.63) is 40.2 Å². The van der Waals surface area contributed by atoms with Gasteiger partial charge in [0.2, 0.25) is 0 Å². The average Bonchev–Trinajstić information content (AvgIpc) is 2.61. The summed E-state index contributed by atoms with van der Waals surface area (Å²) < 4.78 is 10.2. The van der Waals surface area contributed by atoms with Gasteiger partial charge in [0.05, 0.1) is 6.61 Å². The van der Waals surface area contributed by atoms with Crippen molar-refractivity contribution in [3.63, 3.8) is 0 Å². The fourth-order valence-corrected chi connectivity index (χ4v) is 2.75. The molecule has 0 radical (unpaired) electrons. The summed E-state index contributed by atoms with van der Waals surface area (Å²) in [4.78, 5) is 11.7. The summed E-state index contributed by atoms with van der Waals surface area (Å²) in [5.41, 5.74) is 0.154. The topological polar surface area (TPSA) is 132 Å². The third-order valence-corrected chi connectivity index (χ3v) is 4.12. The predicted molar refractivity (Wildman–Crippen MR) is 87.8 cm³/mol. The van der Waals surface area contributed by atoms with Gasteiger partial charge >= 0.3 is 5.63 Å². The Morgan fingerprint density at radius 3 is 2.64 bits per heavy atom. The van der Waals surface area contributed by atoms with Crippen molar-refractivity contribution in [1.82, 2.24) is 0 Å². The molecule has 1 fully saturated rings. The number of aliphatic hydroxyl groups is 4. The number of hydrogen-bond acceptors (Lipinski definition) is 8. The van der Waals surface area contributed by atoms with E-state index in [1.807, 2.05) is 0 Å². The van der Waals surface area contributed by atoms with Gasteiger partial charge in [-0.2, -0.15) is 0 Å². The molecule has 0 bridgehead atoms. The van der Waals surface area contributed by atoms with E-state index in [9.17, 15) is 20.1 Å².